The van der Waals surface area contributed by atoms with Gasteiger partial charge in [-0.3, -0.25) is 4.90 Å². The quantitative estimate of drug-likeness (QED) is 0.538. The van der Waals surface area contributed by atoms with Crippen LogP contribution in [0.1, 0.15) is 61.0 Å². The van der Waals surface area contributed by atoms with Crippen LogP contribution < -0.4 is 0 Å². The summed E-state index contributed by atoms with van der Waals surface area (Å²) in [5, 5.41) is 0.124. The van der Waals surface area contributed by atoms with Gasteiger partial charge in [0.05, 0.1) is 12.1 Å². The summed E-state index contributed by atoms with van der Waals surface area (Å²) in [6.45, 7) is 21.9. The molecular weight excluding hydrogens is 354 g/mol. The van der Waals surface area contributed by atoms with Crippen molar-refractivity contribution in [3.8, 4) is 0 Å². The van der Waals surface area contributed by atoms with Crippen LogP contribution in [0.3, 0.4) is 0 Å². The molecule has 0 fully saturated rings. The second-order valence-corrected chi connectivity index (χ2v) is 15.2. The maximum atomic E-state index is 13.0. The van der Waals surface area contributed by atoms with Crippen molar-refractivity contribution in [2.45, 2.75) is 91.2 Å². The van der Waals surface area contributed by atoms with Crippen LogP contribution in [0.2, 0.25) is 18.1 Å². The number of ether oxygens (including phenoxy) is 1. The Labute approximate surface area is 167 Å². The van der Waals surface area contributed by atoms with Crippen LogP contribution in [-0.2, 0) is 15.7 Å². The van der Waals surface area contributed by atoms with E-state index in [9.17, 15) is 4.79 Å². The van der Waals surface area contributed by atoms with Crippen molar-refractivity contribution in [3.63, 3.8) is 0 Å². The molecule has 1 rings (SSSR count). The van der Waals surface area contributed by atoms with E-state index in [1.807, 2.05) is 65.0 Å². The average molecular weight is 394 g/mol. The molecule has 0 aliphatic rings. The van der Waals surface area contributed by atoms with Gasteiger partial charge in [-0.05, 0) is 58.3 Å². The van der Waals surface area contributed by atoms with E-state index in [0.717, 1.165) is 5.56 Å². The normalized spacial score (nSPS) is 13.4. The smallest absolute Gasteiger partial charge is 0.411 e. The standard InChI is InChI=1S/C22H39NO3Si/c1-20(2,3)26-19(24)23(16-18-14-12-11-13-15-18)22(7,8)17-25-27(9,10)21(4,5)6/h11-15H,16-17H2,1-10H3. The van der Waals surface area contributed by atoms with Gasteiger partial charge in [0, 0.05) is 6.54 Å². The molecule has 0 unspecified atom stereocenters. The molecular formula is C22H39NO3Si. The Morgan fingerprint density at radius 3 is 1.93 bits per heavy atom. The fourth-order valence-electron chi connectivity index (χ4n) is 2.26. The van der Waals surface area contributed by atoms with E-state index in [1.165, 1.54) is 0 Å². The molecule has 0 bridgehead atoms. The summed E-state index contributed by atoms with van der Waals surface area (Å²) in [4.78, 5) is 14.8. The highest BCUT2D eigenvalue weighted by molar-refractivity contribution is 6.74. The SMILES string of the molecule is CC(C)(C)OC(=O)N(Cc1ccccc1)C(C)(C)CO[Si](C)(C)C(C)(C)C. The largest absolute Gasteiger partial charge is 0.444 e. The first-order chi connectivity index (χ1) is 12.1. The Kier molecular flexibility index (Phi) is 7.34. The van der Waals surface area contributed by atoms with E-state index >= 15 is 0 Å². The summed E-state index contributed by atoms with van der Waals surface area (Å²) < 4.78 is 12.1. The first kappa shape index (κ1) is 23.7. The molecule has 0 aliphatic heterocycles. The molecule has 154 valence electrons. The Hall–Kier alpha value is -1.33. The molecule has 0 heterocycles. The Balaban J connectivity index is 3.06. The number of nitrogens with zero attached hydrogens (tertiary/aromatic N) is 1. The number of benzene rings is 1. The summed E-state index contributed by atoms with van der Waals surface area (Å²) in [5.41, 5.74) is 0.0413. The molecule has 0 aliphatic carbocycles. The van der Waals surface area contributed by atoms with Crippen molar-refractivity contribution in [2.24, 2.45) is 0 Å². The predicted octanol–water partition coefficient (Wildman–Crippen LogP) is 6.22. The summed E-state index contributed by atoms with van der Waals surface area (Å²) in [6.07, 6.45) is -0.310. The van der Waals surface area contributed by atoms with Crippen LogP contribution in [0.4, 0.5) is 4.79 Å². The van der Waals surface area contributed by atoms with Gasteiger partial charge in [-0.2, -0.15) is 0 Å². The molecule has 1 aromatic carbocycles. The number of hydrogen-bond donors (Lipinski definition) is 0. The summed E-state index contributed by atoms with van der Waals surface area (Å²) in [6, 6.07) is 10.0. The minimum Gasteiger partial charge on any atom is -0.444 e. The second-order valence-electron chi connectivity index (χ2n) is 10.4. The first-order valence-electron chi connectivity index (χ1n) is 9.74. The minimum absolute atomic E-state index is 0.124. The lowest BCUT2D eigenvalue weighted by Gasteiger charge is -2.43. The molecule has 1 amide bonds. The summed E-state index contributed by atoms with van der Waals surface area (Å²) in [5.74, 6) is 0. The van der Waals surface area contributed by atoms with Gasteiger partial charge >= 0.3 is 6.09 Å². The van der Waals surface area contributed by atoms with Crippen LogP contribution in [-0.4, -0.2) is 37.1 Å². The van der Waals surface area contributed by atoms with Gasteiger partial charge in [0.1, 0.15) is 5.60 Å². The third-order valence-electron chi connectivity index (χ3n) is 5.12. The molecule has 0 saturated carbocycles. The molecule has 27 heavy (non-hydrogen) atoms. The van der Waals surface area contributed by atoms with E-state index in [4.69, 9.17) is 9.16 Å². The molecule has 0 atom stereocenters. The zero-order valence-corrected chi connectivity index (χ0v) is 20.0. The monoisotopic (exact) mass is 393 g/mol. The zero-order chi connectivity index (χ0) is 21.1. The lowest BCUT2D eigenvalue weighted by molar-refractivity contribution is -0.0106. The highest BCUT2D eigenvalue weighted by atomic mass is 28.4. The van der Waals surface area contributed by atoms with E-state index in [2.05, 4.69) is 33.9 Å². The van der Waals surface area contributed by atoms with Crippen LogP contribution >= 0.6 is 0 Å². The van der Waals surface area contributed by atoms with Gasteiger partial charge in [0.2, 0.25) is 0 Å². The van der Waals surface area contributed by atoms with E-state index in [-0.39, 0.29) is 11.1 Å². The van der Waals surface area contributed by atoms with Crippen LogP contribution in [0.15, 0.2) is 30.3 Å². The van der Waals surface area contributed by atoms with Crippen molar-refractivity contribution in [2.75, 3.05) is 6.61 Å². The minimum atomic E-state index is -1.91. The Bertz CT molecular complexity index is 613. The van der Waals surface area contributed by atoms with E-state index in [0.29, 0.717) is 13.2 Å². The number of carbonyl (C=O) groups excluding carboxylic acids is 1. The van der Waals surface area contributed by atoms with Crippen molar-refractivity contribution in [1.82, 2.24) is 4.90 Å². The maximum Gasteiger partial charge on any atom is 0.411 e. The van der Waals surface area contributed by atoms with Gasteiger partial charge in [0.25, 0.3) is 0 Å². The Morgan fingerprint density at radius 1 is 0.963 bits per heavy atom. The molecule has 1 aromatic rings. The fraction of sp³-hybridized carbons (Fsp3) is 0.682. The molecule has 0 N–H and O–H groups in total. The highest BCUT2D eigenvalue weighted by Crippen LogP contribution is 2.37. The number of hydrogen-bond acceptors (Lipinski definition) is 3. The van der Waals surface area contributed by atoms with Crippen molar-refractivity contribution < 1.29 is 14.0 Å². The lowest BCUT2D eigenvalue weighted by Crippen LogP contribution is -2.54. The van der Waals surface area contributed by atoms with Crippen molar-refractivity contribution >= 4 is 14.4 Å². The van der Waals surface area contributed by atoms with Crippen LogP contribution in [0.5, 0.6) is 0 Å². The van der Waals surface area contributed by atoms with Crippen LogP contribution in [0.25, 0.3) is 0 Å². The molecule has 0 radical (unpaired) electrons. The van der Waals surface area contributed by atoms with Gasteiger partial charge in [-0.15, -0.1) is 0 Å². The molecule has 0 aromatic heterocycles. The highest BCUT2D eigenvalue weighted by Gasteiger charge is 2.41. The van der Waals surface area contributed by atoms with Gasteiger partial charge in [-0.25, -0.2) is 4.79 Å². The van der Waals surface area contributed by atoms with Gasteiger partial charge in [-0.1, -0.05) is 51.1 Å². The number of amides is 1. The van der Waals surface area contributed by atoms with Crippen molar-refractivity contribution in [3.05, 3.63) is 35.9 Å². The van der Waals surface area contributed by atoms with Crippen molar-refractivity contribution in [1.29, 1.82) is 0 Å². The molecule has 0 saturated heterocycles. The summed E-state index contributed by atoms with van der Waals surface area (Å²) >= 11 is 0. The fourth-order valence-corrected chi connectivity index (χ4v) is 3.41. The topological polar surface area (TPSA) is 38.8 Å². The third-order valence-corrected chi connectivity index (χ3v) is 9.60. The lowest BCUT2D eigenvalue weighted by atomic mass is 10.0. The number of rotatable bonds is 6. The van der Waals surface area contributed by atoms with Gasteiger partial charge in [0.15, 0.2) is 8.32 Å². The molecule has 4 nitrogen and oxygen atoms in total. The maximum absolute atomic E-state index is 13.0. The summed E-state index contributed by atoms with van der Waals surface area (Å²) in [7, 11) is -1.91. The molecule has 5 heteroatoms. The second kappa shape index (κ2) is 8.35. The third kappa shape index (κ3) is 7.30. The van der Waals surface area contributed by atoms with Crippen LogP contribution in [0, 0.1) is 0 Å². The Morgan fingerprint density at radius 2 is 1.48 bits per heavy atom. The zero-order valence-electron chi connectivity index (χ0n) is 19.0. The average Bonchev–Trinajstić information content (AvgIpc) is 2.49. The predicted molar refractivity (Wildman–Crippen MR) is 115 cm³/mol. The molecule has 0 spiro atoms. The van der Waals surface area contributed by atoms with E-state index in [1.54, 1.807) is 4.90 Å². The first-order valence-corrected chi connectivity index (χ1v) is 12.6. The van der Waals surface area contributed by atoms with E-state index < -0.39 is 19.5 Å². The van der Waals surface area contributed by atoms with Gasteiger partial charge < -0.3 is 9.16 Å². The number of carbonyl (C=O) groups is 1.